The number of rotatable bonds is 0. The minimum atomic E-state index is 0.538. The molecule has 2 unspecified atom stereocenters. The normalized spacial score (nSPS) is 37.4. The number of nitrogens with one attached hydrogen (secondary N) is 2. The zero-order valence-electron chi connectivity index (χ0n) is 6.72. The predicted molar refractivity (Wildman–Crippen MR) is 43.8 cm³/mol. The minimum absolute atomic E-state index is 0.538. The molecular weight excluding hydrogens is 124 g/mol. The van der Waals surface area contributed by atoms with Crippen molar-refractivity contribution in [2.24, 2.45) is 0 Å². The van der Waals surface area contributed by atoms with E-state index < -0.39 is 0 Å². The van der Waals surface area contributed by atoms with E-state index in [0.717, 1.165) is 13.0 Å². The lowest BCUT2D eigenvalue weighted by molar-refractivity contribution is 0.438. The summed E-state index contributed by atoms with van der Waals surface area (Å²) in [6.45, 7) is 5.49. The smallest absolute Gasteiger partial charge is 0.0378 e. The number of hydrogen-bond acceptors (Lipinski definition) is 2. The molecule has 0 fully saturated rings. The Balaban J connectivity index is 2.41. The molecule has 0 aliphatic carbocycles. The second-order valence-electron chi connectivity index (χ2n) is 2.89. The van der Waals surface area contributed by atoms with Crippen LogP contribution < -0.4 is 10.6 Å². The van der Waals surface area contributed by atoms with Gasteiger partial charge < -0.3 is 10.6 Å². The Hall–Kier alpha value is -0.500. The van der Waals surface area contributed by atoms with E-state index in [1.807, 2.05) is 0 Å². The Kier molecular flexibility index (Phi) is 2.75. The molecular formula is C8H16N2. The average Bonchev–Trinajstić information content (AvgIpc) is 1.92. The average molecular weight is 140 g/mol. The van der Waals surface area contributed by atoms with Gasteiger partial charge in [0.05, 0.1) is 0 Å². The highest BCUT2D eigenvalue weighted by atomic mass is 15.0. The molecule has 1 heterocycles. The van der Waals surface area contributed by atoms with Gasteiger partial charge in [0.15, 0.2) is 0 Å². The van der Waals surface area contributed by atoms with Crippen molar-refractivity contribution < 1.29 is 0 Å². The van der Waals surface area contributed by atoms with Gasteiger partial charge in [0.2, 0.25) is 0 Å². The molecule has 58 valence electrons. The van der Waals surface area contributed by atoms with Crippen molar-refractivity contribution in [3.05, 3.63) is 12.3 Å². The fraction of sp³-hybridized carbons (Fsp3) is 0.750. The third-order valence-corrected chi connectivity index (χ3v) is 2.00. The molecule has 0 aromatic carbocycles. The first kappa shape index (κ1) is 7.61. The van der Waals surface area contributed by atoms with Gasteiger partial charge >= 0.3 is 0 Å². The first-order chi connectivity index (χ1) is 4.80. The molecule has 10 heavy (non-hydrogen) atoms. The Morgan fingerprint density at radius 3 is 2.90 bits per heavy atom. The summed E-state index contributed by atoms with van der Waals surface area (Å²) in [4.78, 5) is 0. The van der Waals surface area contributed by atoms with Crippen molar-refractivity contribution in [2.45, 2.75) is 32.4 Å². The molecule has 0 saturated carbocycles. The third-order valence-electron chi connectivity index (χ3n) is 2.00. The van der Waals surface area contributed by atoms with E-state index >= 15 is 0 Å². The highest BCUT2D eigenvalue weighted by Crippen LogP contribution is 1.95. The molecule has 0 saturated heterocycles. The lowest BCUT2D eigenvalue weighted by Crippen LogP contribution is -2.43. The van der Waals surface area contributed by atoms with E-state index in [-0.39, 0.29) is 0 Å². The standard InChI is InChI=1S/C8H16N2/c1-7-8(2)10-6-4-3-5-9-7/h3,5,7-10H,4,6H2,1-2H3/b5-3-. The summed E-state index contributed by atoms with van der Waals surface area (Å²) in [6, 6.07) is 1.11. The zero-order chi connectivity index (χ0) is 7.40. The lowest BCUT2D eigenvalue weighted by Gasteiger charge is -2.23. The van der Waals surface area contributed by atoms with Crippen LogP contribution in [0.5, 0.6) is 0 Å². The van der Waals surface area contributed by atoms with E-state index in [0.29, 0.717) is 12.1 Å². The Morgan fingerprint density at radius 2 is 2.10 bits per heavy atom. The molecule has 0 spiro atoms. The maximum Gasteiger partial charge on any atom is 0.0378 e. The molecule has 0 amide bonds. The topological polar surface area (TPSA) is 24.1 Å². The molecule has 2 atom stereocenters. The van der Waals surface area contributed by atoms with Gasteiger partial charge in [-0.3, -0.25) is 0 Å². The molecule has 2 nitrogen and oxygen atoms in total. The summed E-state index contributed by atoms with van der Waals surface area (Å²) in [5, 5.41) is 6.71. The van der Waals surface area contributed by atoms with Crippen molar-refractivity contribution in [2.75, 3.05) is 6.54 Å². The first-order valence-corrected chi connectivity index (χ1v) is 3.95. The van der Waals surface area contributed by atoms with E-state index in [4.69, 9.17) is 0 Å². The van der Waals surface area contributed by atoms with E-state index in [2.05, 4.69) is 36.8 Å². The Bertz CT molecular complexity index is 120. The third kappa shape index (κ3) is 2.03. The van der Waals surface area contributed by atoms with E-state index in [9.17, 15) is 0 Å². The SMILES string of the molecule is CC1N/C=C\CCNC1C. The molecule has 0 radical (unpaired) electrons. The Labute approximate surface area is 62.7 Å². The van der Waals surface area contributed by atoms with Gasteiger partial charge in [-0.15, -0.1) is 0 Å². The summed E-state index contributed by atoms with van der Waals surface area (Å²) >= 11 is 0. The summed E-state index contributed by atoms with van der Waals surface area (Å²) < 4.78 is 0. The van der Waals surface area contributed by atoms with Crippen LogP contribution in [0, 0.1) is 0 Å². The van der Waals surface area contributed by atoms with Crippen LogP contribution in [0.2, 0.25) is 0 Å². The lowest BCUT2D eigenvalue weighted by atomic mass is 10.1. The second-order valence-corrected chi connectivity index (χ2v) is 2.89. The molecule has 0 aromatic rings. The largest absolute Gasteiger partial charge is 0.387 e. The fourth-order valence-corrected chi connectivity index (χ4v) is 1.02. The predicted octanol–water partition coefficient (Wildman–Crippen LogP) is 0.860. The molecule has 2 heteroatoms. The minimum Gasteiger partial charge on any atom is -0.387 e. The summed E-state index contributed by atoms with van der Waals surface area (Å²) in [5.74, 6) is 0. The molecule has 0 bridgehead atoms. The Morgan fingerprint density at radius 1 is 1.30 bits per heavy atom. The van der Waals surface area contributed by atoms with E-state index in [1.165, 1.54) is 0 Å². The first-order valence-electron chi connectivity index (χ1n) is 3.95. The molecule has 1 rings (SSSR count). The van der Waals surface area contributed by atoms with Crippen molar-refractivity contribution in [3.8, 4) is 0 Å². The molecule has 1 aliphatic rings. The highest BCUT2D eigenvalue weighted by Gasteiger charge is 2.09. The monoisotopic (exact) mass is 140 g/mol. The van der Waals surface area contributed by atoms with Crippen LogP contribution >= 0.6 is 0 Å². The van der Waals surface area contributed by atoms with Crippen molar-refractivity contribution in [1.82, 2.24) is 10.6 Å². The summed E-state index contributed by atoms with van der Waals surface area (Å²) in [7, 11) is 0. The van der Waals surface area contributed by atoms with Gasteiger partial charge in [0.25, 0.3) is 0 Å². The van der Waals surface area contributed by atoms with Crippen molar-refractivity contribution in [3.63, 3.8) is 0 Å². The highest BCUT2D eigenvalue weighted by molar-refractivity contribution is 4.88. The van der Waals surface area contributed by atoms with Gasteiger partial charge in [-0.05, 0) is 33.0 Å². The molecule has 0 aromatic heterocycles. The second kappa shape index (κ2) is 3.62. The fourth-order valence-electron chi connectivity index (χ4n) is 1.02. The van der Waals surface area contributed by atoms with Gasteiger partial charge in [-0.25, -0.2) is 0 Å². The van der Waals surface area contributed by atoms with Crippen LogP contribution in [0.15, 0.2) is 12.3 Å². The van der Waals surface area contributed by atoms with Gasteiger partial charge in [0.1, 0.15) is 0 Å². The molecule has 1 aliphatic heterocycles. The maximum atomic E-state index is 3.42. The van der Waals surface area contributed by atoms with Gasteiger partial charge in [0, 0.05) is 12.1 Å². The van der Waals surface area contributed by atoms with Crippen LogP contribution in [-0.4, -0.2) is 18.6 Å². The zero-order valence-corrected chi connectivity index (χ0v) is 6.72. The summed E-state index contributed by atoms with van der Waals surface area (Å²) in [5.41, 5.74) is 0. The molecule has 2 N–H and O–H groups in total. The van der Waals surface area contributed by atoms with Gasteiger partial charge in [-0.2, -0.15) is 0 Å². The summed E-state index contributed by atoms with van der Waals surface area (Å²) in [6.07, 6.45) is 5.35. The van der Waals surface area contributed by atoms with Crippen LogP contribution in [0.3, 0.4) is 0 Å². The van der Waals surface area contributed by atoms with Crippen molar-refractivity contribution >= 4 is 0 Å². The van der Waals surface area contributed by atoms with E-state index in [1.54, 1.807) is 0 Å². The maximum absolute atomic E-state index is 3.42. The van der Waals surface area contributed by atoms with Gasteiger partial charge in [-0.1, -0.05) is 6.08 Å². The van der Waals surface area contributed by atoms with Crippen LogP contribution in [0.25, 0.3) is 0 Å². The van der Waals surface area contributed by atoms with Crippen molar-refractivity contribution in [1.29, 1.82) is 0 Å². The van der Waals surface area contributed by atoms with Crippen LogP contribution in [0.1, 0.15) is 20.3 Å². The quantitative estimate of drug-likeness (QED) is 0.521. The van der Waals surface area contributed by atoms with Crippen LogP contribution in [-0.2, 0) is 0 Å². The van der Waals surface area contributed by atoms with Crippen LogP contribution in [0.4, 0.5) is 0 Å². The number of hydrogen-bond donors (Lipinski definition) is 2.